The molecule has 1 unspecified atom stereocenters. The molecule has 1 aliphatic carbocycles. The molecular weight excluding hydrogens is 282 g/mol. The quantitative estimate of drug-likeness (QED) is 0.759. The van der Waals surface area contributed by atoms with E-state index in [4.69, 9.17) is 4.74 Å². The molecule has 5 nitrogen and oxygen atoms in total. The molecule has 1 fully saturated rings. The summed E-state index contributed by atoms with van der Waals surface area (Å²) in [4.78, 5) is 0. The first-order valence-electron chi connectivity index (χ1n) is 6.58. The van der Waals surface area contributed by atoms with Crippen molar-refractivity contribution in [1.29, 1.82) is 0 Å². The minimum Gasteiger partial charge on any atom is -0.473 e. The Labute approximate surface area is 122 Å². The van der Waals surface area contributed by atoms with Crippen LogP contribution < -0.4 is 10.1 Å². The van der Waals surface area contributed by atoms with E-state index in [1.807, 2.05) is 11.8 Å². The monoisotopic (exact) mass is 303 g/mol. The van der Waals surface area contributed by atoms with Crippen LogP contribution in [0.3, 0.4) is 0 Å². The Bertz CT molecular complexity index is 356. The van der Waals surface area contributed by atoms with Gasteiger partial charge >= 0.3 is 0 Å². The molecule has 1 aromatic rings. The summed E-state index contributed by atoms with van der Waals surface area (Å²) in [6.07, 6.45) is 8.43. The summed E-state index contributed by atoms with van der Waals surface area (Å²) in [5, 5.41) is 13.2. The molecule has 0 amide bonds. The van der Waals surface area contributed by atoms with Crippen molar-refractivity contribution >= 4 is 23.5 Å². The largest absolute Gasteiger partial charge is 0.473 e. The van der Waals surface area contributed by atoms with E-state index >= 15 is 0 Å². The van der Waals surface area contributed by atoms with E-state index < -0.39 is 6.10 Å². The van der Waals surface area contributed by atoms with Gasteiger partial charge in [-0.05, 0) is 19.1 Å². The van der Waals surface area contributed by atoms with Crippen LogP contribution in [0.1, 0.15) is 25.7 Å². The highest BCUT2D eigenvalue weighted by atomic mass is 32.2. The zero-order valence-corrected chi connectivity index (χ0v) is 12.8. The summed E-state index contributed by atoms with van der Waals surface area (Å²) in [7, 11) is 0. The van der Waals surface area contributed by atoms with Crippen LogP contribution in [0.5, 0.6) is 5.88 Å². The van der Waals surface area contributed by atoms with Crippen LogP contribution in [0, 0.1) is 0 Å². The lowest BCUT2D eigenvalue weighted by Gasteiger charge is -2.27. The van der Waals surface area contributed by atoms with Gasteiger partial charge in [0.1, 0.15) is 18.9 Å². The van der Waals surface area contributed by atoms with Crippen molar-refractivity contribution in [3.05, 3.63) is 6.20 Å². The maximum Gasteiger partial charge on any atom is 0.245 e. The molecule has 2 rings (SSSR count). The molecule has 0 spiro atoms. The summed E-state index contributed by atoms with van der Waals surface area (Å²) in [6.45, 7) is 1.77. The molecule has 1 heterocycles. The standard InChI is InChI=1S/C12H21N3O2S2/c1-18-12(4-2-3-5-12)9-13-6-10(16)8-17-11-7-14-19-15-11/h7,10,13,16H,2-6,8-9H2,1H3. The van der Waals surface area contributed by atoms with Crippen LogP contribution in [-0.2, 0) is 0 Å². The lowest BCUT2D eigenvalue weighted by molar-refractivity contribution is 0.104. The van der Waals surface area contributed by atoms with Crippen molar-refractivity contribution in [2.24, 2.45) is 0 Å². The number of ether oxygens (including phenoxy) is 1. The van der Waals surface area contributed by atoms with Crippen LogP contribution in [0.25, 0.3) is 0 Å². The number of nitrogens with zero attached hydrogens (tertiary/aromatic N) is 2. The smallest absolute Gasteiger partial charge is 0.245 e. The van der Waals surface area contributed by atoms with Gasteiger partial charge in [-0.2, -0.15) is 16.1 Å². The molecule has 19 heavy (non-hydrogen) atoms. The predicted molar refractivity (Wildman–Crippen MR) is 79.0 cm³/mol. The molecular formula is C12H21N3O2S2. The van der Waals surface area contributed by atoms with Crippen molar-refractivity contribution in [2.75, 3.05) is 26.0 Å². The normalized spacial score (nSPS) is 19.5. The Morgan fingerprint density at radius 1 is 1.58 bits per heavy atom. The van der Waals surface area contributed by atoms with Gasteiger partial charge in [0.15, 0.2) is 0 Å². The highest BCUT2D eigenvalue weighted by Gasteiger charge is 2.32. The lowest BCUT2D eigenvalue weighted by Crippen LogP contribution is -2.40. The molecule has 0 aromatic carbocycles. The molecule has 7 heteroatoms. The number of hydrogen-bond acceptors (Lipinski definition) is 7. The Kier molecular flexibility index (Phi) is 5.87. The number of aliphatic hydroxyl groups is 1. The molecule has 0 aliphatic heterocycles. The molecule has 108 valence electrons. The van der Waals surface area contributed by atoms with Gasteiger partial charge < -0.3 is 15.2 Å². The first-order valence-corrected chi connectivity index (χ1v) is 8.54. The summed E-state index contributed by atoms with van der Waals surface area (Å²) >= 11 is 3.05. The van der Waals surface area contributed by atoms with Crippen LogP contribution >= 0.6 is 23.5 Å². The maximum atomic E-state index is 9.84. The highest BCUT2D eigenvalue weighted by molar-refractivity contribution is 8.00. The van der Waals surface area contributed by atoms with Gasteiger partial charge in [0.05, 0.1) is 11.7 Å². The number of nitrogens with one attached hydrogen (secondary N) is 1. The van der Waals surface area contributed by atoms with Gasteiger partial charge in [0.2, 0.25) is 5.88 Å². The fraction of sp³-hybridized carbons (Fsp3) is 0.833. The average molecular weight is 303 g/mol. The van der Waals surface area contributed by atoms with Crippen molar-refractivity contribution in [3.8, 4) is 5.88 Å². The minimum absolute atomic E-state index is 0.255. The number of thioether (sulfide) groups is 1. The Morgan fingerprint density at radius 3 is 3.00 bits per heavy atom. The molecule has 0 saturated heterocycles. The van der Waals surface area contributed by atoms with Gasteiger partial charge in [0.25, 0.3) is 0 Å². The number of aromatic nitrogens is 2. The van der Waals surface area contributed by atoms with Gasteiger partial charge in [-0.1, -0.05) is 12.8 Å². The summed E-state index contributed by atoms with van der Waals surface area (Å²) in [5.74, 6) is 0.487. The highest BCUT2D eigenvalue weighted by Crippen LogP contribution is 2.39. The van der Waals surface area contributed by atoms with Crippen LogP contribution in [0.4, 0.5) is 0 Å². The second-order valence-electron chi connectivity index (χ2n) is 4.94. The molecule has 1 aromatic heterocycles. The summed E-state index contributed by atoms with van der Waals surface area (Å²) in [6, 6.07) is 0. The van der Waals surface area contributed by atoms with Gasteiger partial charge in [-0.3, -0.25) is 0 Å². The zero-order valence-electron chi connectivity index (χ0n) is 11.2. The van der Waals surface area contributed by atoms with E-state index in [-0.39, 0.29) is 6.61 Å². The first-order chi connectivity index (χ1) is 9.24. The van der Waals surface area contributed by atoms with Crippen molar-refractivity contribution < 1.29 is 9.84 Å². The first kappa shape index (κ1) is 15.0. The number of rotatable bonds is 8. The van der Waals surface area contributed by atoms with Crippen molar-refractivity contribution in [3.63, 3.8) is 0 Å². The van der Waals surface area contributed by atoms with Crippen molar-refractivity contribution in [1.82, 2.24) is 14.1 Å². The fourth-order valence-corrected chi connectivity index (χ4v) is 3.71. The molecule has 1 aliphatic rings. The summed E-state index contributed by atoms with van der Waals surface area (Å²) in [5.41, 5.74) is 0. The van der Waals surface area contributed by atoms with E-state index in [1.54, 1.807) is 6.20 Å². The Hall–Kier alpha value is -0.370. The maximum absolute atomic E-state index is 9.84. The molecule has 1 saturated carbocycles. The SMILES string of the molecule is CSC1(CNCC(O)COc2cnsn2)CCCC1. The van der Waals surface area contributed by atoms with Crippen LogP contribution in [0.15, 0.2) is 6.20 Å². The topological polar surface area (TPSA) is 67.3 Å². The van der Waals surface area contributed by atoms with Crippen LogP contribution in [-0.4, -0.2) is 50.7 Å². The number of aliphatic hydroxyl groups excluding tert-OH is 1. The molecule has 2 N–H and O–H groups in total. The Morgan fingerprint density at radius 2 is 2.37 bits per heavy atom. The van der Waals surface area contributed by atoms with E-state index in [1.165, 1.54) is 25.7 Å². The fourth-order valence-electron chi connectivity index (χ4n) is 2.40. The predicted octanol–water partition coefficient (Wildman–Crippen LogP) is 1.54. The van der Waals surface area contributed by atoms with E-state index in [0.29, 0.717) is 17.2 Å². The van der Waals surface area contributed by atoms with Gasteiger partial charge in [-0.15, -0.1) is 4.37 Å². The van der Waals surface area contributed by atoms with Crippen molar-refractivity contribution in [2.45, 2.75) is 36.5 Å². The molecule has 1 atom stereocenters. The second kappa shape index (κ2) is 7.42. The second-order valence-corrected chi connectivity index (χ2v) is 6.77. The van der Waals surface area contributed by atoms with Crippen LogP contribution in [0.2, 0.25) is 0 Å². The molecule has 0 bridgehead atoms. The lowest BCUT2D eigenvalue weighted by atomic mass is 10.1. The van der Waals surface area contributed by atoms with E-state index in [0.717, 1.165) is 18.3 Å². The van der Waals surface area contributed by atoms with E-state index in [9.17, 15) is 5.11 Å². The zero-order chi connectivity index (χ0) is 13.6. The summed E-state index contributed by atoms with van der Waals surface area (Å²) < 4.78 is 13.5. The minimum atomic E-state index is -0.512. The average Bonchev–Trinajstić information content (AvgIpc) is 3.08. The molecule has 0 radical (unpaired) electrons. The third-order valence-corrected chi connectivity index (χ3v) is 5.42. The van der Waals surface area contributed by atoms with Gasteiger partial charge in [-0.25, -0.2) is 0 Å². The van der Waals surface area contributed by atoms with Gasteiger partial charge in [0, 0.05) is 17.8 Å². The number of hydrogen-bond donors (Lipinski definition) is 2. The third kappa shape index (κ3) is 4.59. The third-order valence-electron chi connectivity index (χ3n) is 3.54. The Balaban J connectivity index is 1.62. The van der Waals surface area contributed by atoms with E-state index in [2.05, 4.69) is 20.3 Å².